The van der Waals surface area contributed by atoms with Crippen LogP contribution in [0.15, 0.2) is 67.0 Å². The van der Waals surface area contributed by atoms with Gasteiger partial charge < -0.3 is 9.67 Å². The lowest BCUT2D eigenvalue weighted by molar-refractivity contribution is -0.672. The maximum absolute atomic E-state index is 9.13. The van der Waals surface area contributed by atoms with Crippen LogP contribution in [0.25, 0.3) is 34.0 Å². The number of aromatic nitrogens is 2. The molecule has 0 saturated carbocycles. The van der Waals surface area contributed by atoms with Crippen LogP contribution in [-0.4, -0.2) is 16.3 Å². The smallest absolute Gasteiger partial charge is 0.213 e. The largest absolute Gasteiger partial charge is 0.396 e. The second-order valence-electron chi connectivity index (χ2n) is 6.60. The van der Waals surface area contributed by atoms with Gasteiger partial charge in [-0.3, -0.25) is 0 Å². The summed E-state index contributed by atoms with van der Waals surface area (Å²) in [7, 11) is 2.08. The Hall–Kier alpha value is -2.91. The molecule has 2 aromatic carbocycles. The monoisotopic (exact) mass is 343 g/mol. The molecule has 0 aliphatic carbocycles. The number of aryl methyl sites for hydroxylation is 2. The van der Waals surface area contributed by atoms with Gasteiger partial charge in [-0.1, -0.05) is 42.5 Å². The van der Waals surface area contributed by atoms with Crippen LogP contribution in [0.3, 0.4) is 0 Å². The predicted molar refractivity (Wildman–Crippen MR) is 108 cm³/mol. The highest BCUT2D eigenvalue weighted by atomic mass is 16.3. The third kappa shape index (κ3) is 3.02. The van der Waals surface area contributed by atoms with Gasteiger partial charge in [-0.2, -0.15) is 4.57 Å². The number of fused-ring (bicyclic) bond motifs is 2. The Bertz CT molecular complexity index is 1090. The molecule has 0 aliphatic rings. The molecule has 4 rings (SSSR count). The summed E-state index contributed by atoms with van der Waals surface area (Å²) in [5.74, 6) is 0. The molecule has 3 nitrogen and oxygen atoms in total. The van der Waals surface area contributed by atoms with Crippen LogP contribution >= 0.6 is 0 Å². The Kier molecular flexibility index (Phi) is 4.55. The van der Waals surface area contributed by atoms with Crippen molar-refractivity contribution in [1.29, 1.82) is 0 Å². The molecule has 2 aromatic heterocycles. The van der Waals surface area contributed by atoms with Gasteiger partial charge >= 0.3 is 0 Å². The summed E-state index contributed by atoms with van der Waals surface area (Å²) in [6.45, 7) is 1.04. The van der Waals surface area contributed by atoms with Crippen LogP contribution in [-0.2, 0) is 13.6 Å². The molecule has 1 N–H and O–H groups in total. The Morgan fingerprint density at radius 3 is 2.50 bits per heavy atom. The topological polar surface area (TPSA) is 29.0 Å². The van der Waals surface area contributed by atoms with Crippen molar-refractivity contribution in [2.75, 3.05) is 6.61 Å². The first-order valence-corrected chi connectivity index (χ1v) is 9.02. The SMILES string of the molecule is Cn1cc(/C=C/c2cc[n+](CCCO)c3ccccc23)c2ccccc21. The minimum absolute atomic E-state index is 0.212. The highest BCUT2D eigenvalue weighted by molar-refractivity contribution is 5.94. The second-order valence-corrected chi connectivity index (χ2v) is 6.60. The molecule has 0 bridgehead atoms. The number of para-hydroxylation sites is 2. The Morgan fingerprint density at radius 1 is 0.923 bits per heavy atom. The van der Waals surface area contributed by atoms with Gasteiger partial charge in [0.2, 0.25) is 5.52 Å². The number of rotatable bonds is 5. The van der Waals surface area contributed by atoms with Gasteiger partial charge in [0.05, 0.1) is 5.39 Å². The van der Waals surface area contributed by atoms with E-state index in [1.54, 1.807) is 0 Å². The van der Waals surface area contributed by atoms with Gasteiger partial charge in [0.25, 0.3) is 0 Å². The molecular formula is C23H23N2O+. The fourth-order valence-corrected chi connectivity index (χ4v) is 3.58. The molecular weight excluding hydrogens is 320 g/mol. The van der Waals surface area contributed by atoms with Crippen molar-refractivity contribution in [2.24, 2.45) is 7.05 Å². The van der Waals surface area contributed by atoms with Crippen molar-refractivity contribution in [2.45, 2.75) is 13.0 Å². The van der Waals surface area contributed by atoms with Crippen molar-refractivity contribution < 1.29 is 9.67 Å². The van der Waals surface area contributed by atoms with Crippen molar-refractivity contribution in [1.82, 2.24) is 4.57 Å². The minimum atomic E-state index is 0.212. The first-order chi connectivity index (χ1) is 12.8. The van der Waals surface area contributed by atoms with Crippen molar-refractivity contribution in [3.8, 4) is 0 Å². The van der Waals surface area contributed by atoms with E-state index < -0.39 is 0 Å². The first-order valence-electron chi connectivity index (χ1n) is 9.02. The van der Waals surface area contributed by atoms with E-state index in [4.69, 9.17) is 5.11 Å². The lowest BCUT2D eigenvalue weighted by Gasteiger charge is -2.04. The number of hydrogen-bond donors (Lipinski definition) is 1. The molecule has 130 valence electrons. The van der Waals surface area contributed by atoms with E-state index in [0.29, 0.717) is 0 Å². The van der Waals surface area contributed by atoms with Gasteiger partial charge in [0, 0.05) is 49.3 Å². The van der Waals surface area contributed by atoms with E-state index in [-0.39, 0.29) is 6.61 Å². The lowest BCUT2D eigenvalue weighted by atomic mass is 10.1. The van der Waals surface area contributed by atoms with E-state index in [2.05, 4.69) is 95.3 Å². The summed E-state index contributed by atoms with van der Waals surface area (Å²) in [4.78, 5) is 0. The van der Waals surface area contributed by atoms with Crippen LogP contribution in [0.1, 0.15) is 17.5 Å². The summed E-state index contributed by atoms with van der Waals surface area (Å²) >= 11 is 0. The standard InChI is InChI=1S/C23H23N2O/c1-24-17-19(21-8-2-4-9-22(21)24)12-11-18-13-15-25(14-6-16-26)23-10-5-3-7-20(18)23/h2-5,7-13,15,17,26H,6,14,16H2,1H3/q+1. The lowest BCUT2D eigenvalue weighted by Crippen LogP contribution is -2.34. The van der Waals surface area contributed by atoms with Gasteiger partial charge in [-0.15, -0.1) is 0 Å². The van der Waals surface area contributed by atoms with E-state index in [1.165, 1.54) is 32.9 Å². The molecule has 0 spiro atoms. The number of pyridine rings is 1. The molecule has 0 unspecified atom stereocenters. The predicted octanol–water partition coefficient (Wildman–Crippen LogP) is 4.17. The van der Waals surface area contributed by atoms with Crippen LogP contribution in [0.4, 0.5) is 0 Å². The van der Waals surface area contributed by atoms with Crippen molar-refractivity contribution in [3.05, 3.63) is 78.1 Å². The summed E-state index contributed by atoms with van der Waals surface area (Å²) in [5, 5.41) is 11.6. The molecule has 0 radical (unpaired) electrons. The van der Waals surface area contributed by atoms with E-state index in [9.17, 15) is 0 Å². The molecule has 0 fully saturated rings. The quantitative estimate of drug-likeness (QED) is 0.541. The molecule has 0 aliphatic heterocycles. The fraction of sp³-hybridized carbons (Fsp3) is 0.174. The van der Waals surface area contributed by atoms with Gasteiger partial charge in [-0.25, -0.2) is 0 Å². The summed E-state index contributed by atoms with van der Waals surface area (Å²) < 4.78 is 4.38. The highest BCUT2D eigenvalue weighted by Gasteiger charge is 2.10. The van der Waals surface area contributed by atoms with E-state index >= 15 is 0 Å². The average Bonchev–Trinajstić information content (AvgIpc) is 3.01. The van der Waals surface area contributed by atoms with Crippen LogP contribution < -0.4 is 4.57 Å². The zero-order valence-corrected chi connectivity index (χ0v) is 15.0. The second kappa shape index (κ2) is 7.14. The van der Waals surface area contributed by atoms with Crippen LogP contribution in [0.5, 0.6) is 0 Å². The third-order valence-electron chi connectivity index (χ3n) is 4.89. The molecule has 2 heterocycles. The van der Waals surface area contributed by atoms with Gasteiger partial charge in [0.15, 0.2) is 12.7 Å². The van der Waals surface area contributed by atoms with Crippen LogP contribution in [0, 0.1) is 0 Å². The first kappa shape index (κ1) is 16.6. The van der Waals surface area contributed by atoms with E-state index in [1.807, 2.05) is 0 Å². The summed E-state index contributed by atoms with van der Waals surface area (Å²) in [6.07, 6.45) is 9.44. The zero-order valence-electron chi connectivity index (χ0n) is 15.0. The fourth-order valence-electron chi connectivity index (χ4n) is 3.58. The molecule has 0 saturated heterocycles. The Labute approximate surface area is 153 Å². The van der Waals surface area contributed by atoms with Gasteiger partial charge in [0.1, 0.15) is 0 Å². The maximum Gasteiger partial charge on any atom is 0.213 e. The van der Waals surface area contributed by atoms with Crippen molar-refractivity contribution >= 4 is 34.0 Å². The Balaban J connectivity index is 1.76. The average molecular weight is 343 g/mol. The van der Waals surface area contributed by atoms with Crippen LogP contribution in [0.2, 0.25) is 0 Å². The molecule has 0 amide bonds. The van der Waals surface area contributed by atoms with Gasteiger partial charge in [-0.05, 0) is 23.3 Å². The summed E-state index contributed by atoms with van der Waals surface area (Å²) in [5.41, 5.74) is 4.87. The number of nitrogens with zero attached hydrogens (tertiary/aromatic N) is 2. The summed E-state index contributed by atoms with van der Waals surface area (Å²) in [6, 6.07) is 19.1. The highest BCUT2D eigenvalue weighted by Crippen LogP contribution is 2.24. The molecule has 3 heteroatoms. The minimum Gasteiger partial charge on any atom is -0.396 e. The van der Waals surface area contributed by atoms with Crippen molar-refractivity contribution in [3.63, 3.8) is 0 Å². The number of benzene rings is 2. The zero-order chi connectivity index (χ0) is 17.9. The Morgan fingerprint density at radius 2 is 1.65 bits per heavy atom. The number of aliphatic hydroxyl groups excluding tert-OH is 1. The molecule has 26 heavy (non-hydrogen) atoms. The normalized spacial score (nSPS) is 11.8. The van der Waals surface area contributed by atoms with E-state index in [0.717, 1.165) is 13.0 Å². The maximum atomic E-state index is 9.13. The molecule has 4 aromatic rings. The third-order valence-corrected chi connectivity index (χ3v) is 4.89. The number of aliphatic hydroxyl groups is 1. The molecule has 0 atom stereocenters. The number of hydrogen-bond acceptors (Lipinski definition) is 1.